The predicted octanol–water partition coefficient (Wildman–Crippen LogP) is 4.16. The third-order valence-electron chi connectivity index (χ3n) is 5.35. The molecule has 6 heteroatoms. The summed E-state index contributed by atoms with van der Waals surface area (Å²) >= 11 is 0. The van der Waals surface area contributed by atoms with Crippen molar-refractivity contribution in [3.63, 3.8) is 0 Å². The van der Waals surface area contributed by atoms with Gasteiger partial charge in [-0.05, 0) is 62.3 Å². The second kappa shape index (κ2) is 8.52. The molecule has 2 heterocycles. The largest absolute Gasteiger partial charge is 0.384 e. The maximum atomic E-state index is 14.1. The maximum Gasteiger partial charge on any atom is 0.237 e. The number of nitrogens with zero attached hydrogens (tertiary/aromatic N) is 2. The van der Waals surface area contributed by atoms with Crippen LogP contribution in [-0.2, 0) is 4.79 Å². The highest BCUT2D eigenvalue weighted by Crippen LogP contribution is 2.33. The van der Waals surface area contributed by atoms with E-state index in [2.05, 4.69) is 20.5 Å². The summed E-state index contributed by atoms with van der Waals surface area (Å²) in [6.07, 6.45) is 5.48. The molecule has 2 aliphatic rings. The van der Waals surface area contributed by atoms with Gasteiger partial charge in [-0.25, -0.2) is 4.39 Å². The number of hydrogen-bond acceptors (Lipinski definition) is 4. The third kappa shape index (κ3) is 4.22. The van der Waals surface area contributed by atoms with E-state index in [9.17, 15) is 9.18 Å². The number of aliphatic imine (C=N–C) groups is 1. The fraction of sp³-hybridized carbons (Fsp3) is 0.364. The molecule has 0 bridgehead atoms. The molecule has 1 saturated heterocycles. The lowest BCUT2D eigenvalue weighted by atomic mass is 10.0. The lowest BCUT2D eigenvalue weighted by molar-refractivity contribution is -0.115. The summed E-state index contributed by atoms with van der Waals surface area (Å²) in [5, 5.41) is 6.14. The van der Waals surface area contributed by atoms with E-state index in [1.165, 1.54) is 44.6 Å². The second-order valence-electron chi connectivity index (χ2n) is 7.32. The van der Waals surface area contributed by atoms with Gasteiger partial charge in [0, 0.05) is 36.2 Å². The first-order valence-corrected chi connectivity index (χ1v) is 9.90. The normalized spacial score (nSPS) is 19.6. The van der Waals surface area contributed by atoms with E-state index in [1.807, 2.05) is 24.3 Å². The Labute approximate surface area is 164 Å². The van der Waals surface area contributed by atoms with Crippen LogP contribution in [0.25, 0.3) is 0 Å². The number of carbonyl (C=O) groups excluding carboxylic acids is 1. The third-order valence-corrected chi connectivity index (χ3v) is 5.35. The Balaban J connectivity index is 1.34. The number of hydrogen-bond donors (Lipinski definition) is 2. The first-order valence-electron chi connectivity index (χ1n) is 9.90. The molecule has 2 N–H and O–H groups in total. The minimum Gasteiger partial charge on any atom is -0.384 e. The minimum atomic E-state index is -0.696. The van der Waals surface area contributed by atoms with Crippen molar-refractivity contribution in [1.82, 2.24) is 4.90 Å². The van der Waals surface area contributed by atoms with Gasteiger partial charge in [0.05, 0.1) is 5.69 Å². The zero-order chi connectivity index (χ0) is 19.3. The SMILES string of the molecule is O=C1Nc2cccc(F)c2C1C=Nc1ccc(NCCN2CCCCC2)cc1. The smallest absolute Gasteiger partial charge is 0.237 e. The molecular weight excluding hydrogens is 355 g/mol. The van der Waals surface area contributed by atoms with Gasteiger partial charge in [0.1, 0.15) is 11.7 Å². The summed E-state index contributed by atoms with van der Waals surface area (Å²) in [6.45, 7) is 4.38. The Morgan fingerprint density at radius 2 is 1.93 bits per heavy atom. The summed E-state index contributed by atoms with van der Waals surface area (Å²) in [5.41, 5.74) is 2.67. The van der Waals surface area contributed by atoms with Crippen molar-refractivity contribution in [2.75, 3.05) is 36.8 Å². The lowest BCUT2D eigenvalue weighted by Crippen LogP contribution is -2.33. The van der Waals surface area contributed by atoms with Crippen molar-refractivity contribution in [3.8, 4) is 0 Å². The number of nitrogens with one attached hydrogen (secondary N) is 2. The molecule has 1 fully saturated rings. The van der Waals surface area contributed by atoms with Crippen LogP contribution in [0.2, 0.25) is 0 Å². The van der Waals surface area contributed by atoms with E-state index in [0.29, 0.717) is 11.3 Å². The standard InChI is InChI=1S/C22H25FN4O/c23-19-5-4-6-20-21(19)18(22(28)26-20)15-25-17-9-7-16(8-10-17)24-11-14-27-12-2-1-3-13-27/h4-10,15,18,24H,1-3,11-14H2,(H,26,28). The van der Waals surface area contributed by atoms with Gasteiger partial charge in [-0.15, -0.1) is 0 Å². The van der Waals surface area contributed by atoms with Crippen molar-refractivity contribution in [1.29, 1.82) is 0 Å². The monoisotopic (exact) mass is 380 g/mol. The van der Waals surface area contributed by atoms with E-state index in [4.69, 9.17) is 0 Å². The van der Waals surface area contributed by atoms with Gasteiger partial charge in [0.2, 0.25) is 5.91 Å². The molecule has 2 aliphatic heterocycles. The van der Waals surface area contributed by atoms with Gasteiger partial charge in [-0.2, -0.15) is 0 Å². The average molecular weight is 380 g/mol. The Morgan fingerprint density at radius 1 is 1.14 bits per heavy atom. The highest BCUT2D eigenvalue weighted by molar-refractivity contribution is 6.12. The Kier molecular flexibility index (Phi) is 5.67. The molecule has 4 rings (SSSR count). The van der Waals surface area contributed by atoms with Crippen molar-refractivity contribution < 1.29 is 9.18 Å². The van der Waals surface area contributed by atoms with E-state index >= 15 is 0 Å². The summed E-state index contributed by atoms with van der Waals surface area (Å²) in [4.78, 5) is 19.0. The number of fused-ring (bicyclic) bond motifs is 1. The van der Waals surface area contributed by atoms with Crippen LogP contribution in [0.15, 0.2) is 47.5 Å². The molecule has 0 aromatic heterocycles. The summed E-state index contributed by atoms with van der Waals surface area (Å²) in [5.74, 6) is -1.33. The number of carbonyl (C=O) groups is 1. The van der Waals surface area contributed by atoms with Gasteiger partial charge in [-0.3, -0.25) is 9.79 Å². The molecule has 1 amide bonds. The number of halogens is 1. The lowest BCUT2D eigenvalue weighted by Gasteiger charge is -2.26. The highest BCUT2D eigenvalue weighted by atomic mass is 19.1. The van der Waals surface area contributed by atoms with Crippen molar-refractivity contribution in [3.05, 3.63) is 53.8 Å². The van der Waals surface area contributed by atoms with E-state index < -0.39 is 5.92 Å². The fourth-order valence-electron chi connectivity index (χ4n) is 3.81. The number of anilines is 2. The number of likely N-dealkylation sites (tertiary alicyclic amines) is 1. The molecule has 0 saturated carbocycles. The summed E-state index contributed by atoms with van der Waals surface area (Å²) in [6, 6.07) is 12.4. The highest BCUT2D eigenvalue weighted by Gasteiger charge is 2.31. The van der Waals surface area contributed by atoms with Gasteiger partial charge >= 0.3 is 0 Å². The number of benzene rings is 2. The van der Waals surface area contributed by atoms with Crippen LogP contribution in [0.5, 0.6) is 0 Å². The Hall–Kier alpha value is -2.73. The van der Waals surface area contributed by atoms with Crippen LogP contribution >= 0.6 is 0 Å². The molecule has 0 spiro atoms. The topological polar surface area (TPSA) is 56.7 Å². The molecule has 146 valence electrons. The van der Waals surface area contributed by atoms with E-state index in [1.54, 1.807) is 12.1 Å². The van der Waals surface area contributed by atoms with Crippen LogP contribution in [0.3, 0.4) is 0 Å². The average Bonchev–Trinajstić information content (AvgIpc) is 3.04. The number of piperidine rings is 1. The van der Waals surface area contributed by atoms with Crippen molar-refractivity contribution >= 4 is 29.2 Å². The van der Waals surface area contributed by atoms with Crippen molar-refractivity contribution in [2.45, 2.75) is 25.2 Å². The molecule has 2 aromatic rings. The zero-order valence-corrected chi connectivity index (χ0v) is 15.8. The predicted molar refractivity (Wildman–Crippen MR) is 111 cm³/mol. The first kappa shape index (κ1) is 18.6. The van der Waals surface area contributed by atoms with Gasteiger partial charge in [0.25, 0.3) is 0 Å². The minimum absolute atomic E-state index is 0.250. The number of rotatable bonds is 6. The molecule has 0 aliphatic carbocycles. The number of amides is 1. The maximum absolute atomic E-state index is 14.1. The van der Waals surface area contributed by atoms with Crippen molar-refractivity contribution in [2.24, 2.45) is 4.99 Å². The van der Waals surface area contributed by atoms with Crippen LogP contribution in [0.1, 0.15) is 30.7 Å². The van der Waals surface area contributed by atoms with Crippen LogP contribution in [0.4, 0.5) is 21.5 Å². The quantitative estimate of drug-likeness (QED) is 0.740. The van der Waals surface area contributed by atoms with Crippen LogP contribution in [0, 0.1) is 5.82 Å². The van der Waals surface area contributed by atoms with Gasteiger partial charge in [-0.1, -0.05) is 12.5 Å². The Morgan fingerprint density at radius 3 is 2.71 bits per heavy atom. The van der Waals surface area contributed by atoms with Crippen LogP contribution < -0.4 is 10.6 Å². The summed E-state index contributed by atoms with van der Waals surface area (Å²) in [7, 11) is 0. The second-order valence-corrected chi connectivity index (χ2v) is 7.32. The molecule has 2 aromatic carbocycles. The molecule has 5 nitrogen and oxygen atoms in total. The summed E-state index contributed by atoms with van der Waals surface area (Å²) < 4.78 is 14.1. The molecule has 28 heavy (non-hydrogen) atoms. The van der Waals surface area contributed by atoms with E-state index in [0.717, 1.165) is 24.5 Å². The fourth-order valence-corrected chi connectivity index (χ4v) is 3.81. The molecule has 1 atom stereocenters. The van der Waals surface area contributed by atoms with Gasteiger partial charge in [0.15, 0.2) is 0 Å². The molecular formula is C22H25FN4O. The zero-order valence-electron chi connectivity index (χ0n) is 15.8. The van der Waals surface area contributed by atoms with Gasteiger partial charge < -0.3 is 15.5 Å². The Bertz CT molecular complexity index is 859. The van der Waals surface area contributed by atoms with Crippen LogP contribution in [-0.4, -0.2) is 43.2 Å². The van der Waals surface area contributed by atoms with E-state index in [-0.39, 0.29) is 11.7 Å². The molecule has 0 radical (unpaired) electrons. The molecule has 1 unspecified atom stereocenters. The first-order chi connectivity index (χ1) is 13.7.